The number of aryl methyl sites for hydroxylation is 1. The molecule has 1 fully saturated rings. The molecule has 3 atom stereocenters. The Balaban J connectivity index is 1.37. The summed E-state index contributed by atoms with van der Waals surface area (Å²) < 4.78 is 47.0. The number of hydrogen-bond donors (Lipinski definition) is 2. The number of anilines is 2. The zero-order valence-corrected chi connectivity index (χ0v) is 25.8. The van der Waals surface area contributed by atoms with Crippen LogP contribution in [0.2, 0.25) is 0 Å². The Labute approximate surface area is 264 Å². The Kier molecular flexibility index (Phi) is 7.92. The molecule has 3 amide bonds. The third-order valence-corrected chi connectivity index (χ3v) is 10.1. The van der Waals surface area contributed by atoms with Crippen molar-refractivity contribution in [1.82, 2.24) is 4.98 Å². The molecule has 0 spiro atoms. The third kappa shape index (κ3) is 5.69. The summed E-state index contributed by atoms with van der Waals surface area (Å²) in [6.07, 6.45) is -4.68. The fraction of sp³-hybridized carbons (Fsp3) is 0.200. The van der Waals surface area contributed by atoms with E-state index in [-0.39, 0.29) is 18.0 Å². The minimum absolute atomic E-state index is 0.195. The highest BCUT2D eigenvalue weighted by molar-refractivity contribution is 9.10. The van der Waals surface area contributed by atoms with E-state index in [2.05, 4.69) is 26.2 Å². The number of hydrogen-bond acceptors (Lipinski definition) is 7. The second kappa shape index (κ2) is 11.6. The van der Waals surface area contributed by atoms with Gasteiger partial charge in [-0.15, -0.1) is 0 Å². The SMILES string of the molecule is Cc1cccc(NC(=O)COc2ccc(Br)cc2C2c3sc(=O)[nH]c3SC3C(=O)N(c4cccc(C(F)(F)F)c4)C(=O)C32)c1. The zero-order chi connectivity index (χ0) is 31.3. The van der Waals surface area contributed by atoms with Crippen LogP contribution in [0.25, 0.3) is 0 Å². The van der Waals surface area contributed by atoms with E-state index in [0.717, 1.165) is 51.8 Å². The fourth-order valence-electron chi connectivity index (χ4n) is 5.38. The lowest BCUT2D eigenvalue weighted by atomic mass is 9.82. The number of carbonyl (C=O) groups is 3. The predicted octanol–water partition coefficient (Wildman–Crippen LogP) is 6.34. The van der Waals surface area contributed by atoms with Crippen molar-refractivity contribution in [2.45, 2.75) is 29.3 Å². The number of carbonyl (C=O) groups excluding carboxylic acids is 3. The van der Waals surface area contributed by atoms with Crippen LogP contribution in [-0.2, 0) is 20.6 Å². The number of imide groups is 1. The highest BCUT2D eigenvalue weighted by atomic mass is 79.9. The molecule has 44 heavy (non-hydrogen) atoms. The summed E-state index contributed by atoms with van der Waals surface area (Å²) in [5.41, 5.74) is 0.790. The van der Waals surface area contributed by atoms with Gasteiger partial charge in [0.2, 0.25) is 11.8 Å². The summed E-state index contributed by atoms with van der Waals surface area (Å²) in [7, 11) is 0. The van der Waals surface area contributed by atoms with E-state index >= 15 is 0 Å². The quantitative estimate of drug-likeness (QED) is 0.227. The first-order valence-electron chi connectivity index (χ1n) is 13.1. The smallest absolute Gasteiger partial charge is 0.416 e. The van der Waals surface area contributed by atoms with Crippen molar-refractivity contribution in [3.8, 4) is 5.75 Å². The molecule has 8 nitrogen and oxygen atoms in total. The topological polar surface area (TPSA) is 109 Å². The highest BCUT2D eigenvalue weighted by Crippen LogP contribution is 2.55. The molecular weight excluding hydrogens is 683 g/mol. The monoisotopic (exact) mass is 703 g/mol. The summed E-state index contributed by atoms with van der Waals surface area (Å²) in [6.45, 7) is 1.51. The Morgan fingerprint density at radius 1 is 1.05 bits per heavy atom. The Hall–Kier alpha value is -3.88. The van der Waals surface area contributed by atoms with E-state index in [1.807, 2.05) is 13.0 Å². The van der Waals surface area contributed by atoms with Gasteiger partial charge < -0.3 is 15.0 Å². The number of nitrogens with one attached hydrogen (secondary N) is 2. The molecule has 3 unspecified atom stereocenters. The molecule has 14 heteroatoms. The standard InChI is InChI=1S/C30H21BrF3N3O5S2/c1-14-4-2-6-17(10-14)35-21(38)13-42-20-9-8-16(31)12-19(20)22-23-25(43-26-24(22)44-29(41)36-26)28(40)37(27(23)39)18-7-3-5-15(11-18)30(32,33)34/h2-12,22-23,25H,13H2,1H3,(H,35,38)(H,36,41). The number of thiazole rings is 1. The van der Waals surface area contributed by atoms with Gasteiger partial charge in [-0.2, -0.15) is 13.2 Å². The van der Waals surface area contributed by atoms with Gasteiger partial charge in [0.15, 0.2) is 6.61 Å². The average Bonchev–Trinajstić information content (AvgIpc) is 3.46. The number of fused-ring (bicyclic) bond motifs is 2. The van der Waals surface area contributed by atoms with Crippen LogP contribution < -0.4 is 19.8 Å². The van der Waals surface area contributed by atoms with E-state index in [4.69, 9.17) is 4.74 Å². The number of alkyl halides is 3. The number of aromatic amines is 1. The van der Waals surface area contributed by atoms with Crippen LogP contribution >= 0.6 is 39.0 Å². The summed E-state index contributed by atoms with van der Waals surface area (Å²) in [6, 6.07) is 16.3. The number of H-pyrrole nitrogens is 1. The largest absolute Gasteiger partial charge is 0.483 e. The van der Waals surface area contributed by atoms with Crippen LogP contribution in [0.3, 0.4) is 0 Å². The maximum Gasteiger partial charge on any atom is 0.416 e. The van der Waals surface area contributed by atoms with Crippen molar-refractivity contribution in [1.29, 1.82) is 0 Å². The summed E-state index contributed by atoms with van der Waals surface area (Å²) in [5, 5.41) is 2.12. The number of halogens is 4. The number of aromatic nitrogens is 1. The van der Waals surface area contributed by atoms with Gasteiger partial charge in [-0.25, -0.2) is 4.90 Å². The molecule has 6 rings (SSSR count). The number of nitrogens with zero attached hydrogens (tertiary/aromatic N) is 1. The highest BCUT2D eigenvalue weighted by Gasteiger charge is 2.57. The van der Waals surface area contributed by atoms with Crippen LogP contribution in [0, 0.1) is 12.8 Å². The van der Waals surface area contributed by atoms with Gasteiger partial charge >= 0.3 is 11.0 Å². The lowest BCUT2D eigenvalue weighted by molar-refractivity contribution is -0.137. The molecule has 2 N–H and O–H groups in total. The van der Waals surface area contributed by atoms with E-state index in [1.54, 1.807) is 36.4 Å². The van der Waals surface area contributed by atoms with Crippen LogP contribution in [0.15, 0.2) is 81.0 Å². The van der Waals surface area contributed by atoms with Crippen molar-refractivity contribution >= 4 is 68.1 Å². The second-order valence-electron chi connectivity index (χ2n) is 10.2. The number of amides is 3. The summed E-state index contributed by atoms with van der Waals surface area (Å²) >= 11 is 5.32. The Morgan fingerprint density at radius 3 is 2.57 bits per heavy atom. The van der Waals surface area contributed by atoms with Crippen LogP contribution in [0.5, 0.6) is 5.75 Å². The first-order valence-corrected chi connectivity index (χ1v) is 15.6. The number of rotatable bonds is 6. The Bertz CT molecular complexity index is 1870. The number of thioether (sulfide) groups is 1. The number of benzene rings is 3. The molecule has 2 aliphatic heterocycles. The van der Waals surface area contributed by atoms with Crippen molar-refractivity contribution in [3.63, 3.8) is 0 Å². The molecule has 0 aliphatic carbocycles. The first kappa shape index (κ1) is 30.2. The van der Waals surface area contributed by atoms with E-state index < -0.39 is 51.4 Å². The molecule has 0 radical (unpaired) electrons. The maximum atomic E-state index is 14.0. The zero-order valence-electron chi connectivity index (χ0n) is 22.6. The molecule has 0 bridgehead atoms. The van der Waals surface area contributed by atoms with Crippen molar-refractivity contribution < 1.29 is 32.3 Å². The summed E-state index contributed by atoms with van der Waals surface area (Å²) in [4.78, 5) is 56.5. The fourth-order valence-corrected chi connectivity index (χ4v) is 8.27. The van der Waals surface area contributed by atoms with E-state index in [0.29, 0.717) is 25.6 Å². The second-order valence-corrected chi connectivity index (χ2v) is 13.3. The van der Waals surface area contributed by atoms with Crippen LogP contribution in [-0.4, -0.2) is 34.6 Å². The van der Waals surface area contributed by atoms with Gasteiger partial charge in [-0.1, -0.05) is 57.2 Å². The van der Waals surface area contributed by atoms with E-state index in [9.17, 15) is 32.3 Å². The van der Waals surface area contributed by atoms with Gasteiger partial charge in [-0.05, 0) is 61.0 Å². The predicted molar refractivity (Wildman–Crippen MR) is 163 cm³/mol. The normalized spacial score (nSPS) is 19.5. The first-order chi connectivity index (χ1) is 20.9. The number of ether oxygens (including phenoxy) is 1. The van der Waals surface area contributed by atoms with Gasteiger partial charge in [0, 0.05) is 26.5 Å². The van der Waals surface area contributed by atoms with Crippen molar-refractivity contribution in [3.05, 3.63) is 102 Å². The van der Waals surface area contributed by atoms with Crippen molar-refractivity contribution in [2.75, 3.05) is 16.8 Å². The van der Waals surface area contributed by atoms with Crippen molar-refractivity contribution in [2.24, 2.45) is 5.92 Å². The van der Waals surface area contributed by atoms with Gasteiger partial charge in [0.1, 0.15) is 11.0 Å². The third-order valence-electron chi connectivity index (χ3n) is 7.22. The minimum Gasteiger partial charge on any atom is -0.483 e. The molecule has 3 heterocycles. The lowest BCUT2D eigenvalue weighted by Crippen LogP contribution is -2.32. The average molecular weight is 705 g/mol. The van der Waals surface area contributed by atoms with Crippen LogP contribution in [0.4, 0.5) is 24.5 Å². The van der Waals surface area contributed by atoms with Gasteiger partial charge in [0.25, 0.3) is 5.91 Å². The van der Waals surface area contributed by atoms with Gasteiger partial charge in [0.05, 0.1) is 22.2 Å². The van der Waals surface area contributed by atoms with Crippen LogP contribution in [0.1, 0.15) is 27.5 Å². The molecule has 3 aromatic carbocycles. The molecule has 4 aromatic rings. The molecule has 1 saturated heterocycles. The molecule has 0 saturated carbocycles. The summed E-state index contributed by atoms with van der Waals surface area (Å²) in [5.74, 6) is -3.53. The molecule has 2 aliphatic rings. The molecule has 226 valence electrons. The minimum atomic E-state index is -4.68. The van der Waals surface area contributed by atoms with Gasteiger partial charge in [-0.3, -0.25) is 19.2 Å². The Morgan fingerprint density at radius 2 is 1.82 bits per heavy atom. The van der Waals surface area contributed by atoms with E-state index in [1.165, 1.54) is 6.07 Å². The maximum absolute atomic E-state index is 14.0. The molecule has 1 aromatic heterocycles. The molecular formula is C30H21BrF3N3O5S2. The lowest BCUT2D eigenvalue weighted by Gasteiger charge is -2.31.